The van der Waals surface area contributed by atoms with E-state index < -0.39 is 24.5 Å². The molecule has 0 aromatic heterocycles. The Balaban J connectivity index is 2.04. The minimum absolute atomic E-state index is 0.136. The van der Waals surface area contributed by atoms with E-state index in [0.717, 1.165) is 21.5 Å². The Bertz CT molecular complexity index is 1380. The number of carboxylic acids is 2. The highest BCUT2D eigenvalue weighted by Gasteiger charge is 2.27. The molecule has 8 heteroatoms. The minimum Gasteiger partial charge on any atom is -0.477 e. The van der Waals surface area contributed by atoms with Crippen LogP contribution in [0, 0.1) is 0 Å². The van der Waals surface area contributed by atoms with E-state index in [2.05, 4.69) is 0 Å². The van der Waals surface area contributed by atoms with Crippen molar-refractivity contribution in [3.05, 3.63) is 72.8 Å². The second-order valence-corrected chi connectivity index (χ2v) is 7.59. The second kappa shape index (κ2) is 10.4. The molecule has 4 aromatic rings. The number of ether oxygens (including phenoxy) is 4. The molecule has 0 aliphatic heterocycles. The zero-order valence-electron chi connectivity index (χ0n) is 19.1. The summed E-state index contributed by atoms with van der Waals surface area (Å²) in [7, 11) is 1.24. The molecule has 0 spiro atoms. The van der Waals surface area contributed by atoms with Gasteiger partial charge in [-0.25, -0.2) is 9.59 Å². The summed E-state index contributed by atoms with van der Waals surface area (Å²) in [5.41, 5.74) is 1.08. The third-order valence-electron chi connectivity index (χ3n) is 5.43. The zero-order chi connectivity index (χ0) is 24.9. The number of carboxylic acid groups (broad SMARTS) is 2. The monoisotopic (exact) mass is 476 g/mol. The van der Waals surface area contributed by atoms with E-state index >= 15 is 0 Å². The molecule has 8 nitrogen and oxygen atoms in total. The molecule has 0 amide bonds. The minimum atomic E-state index is -1.55. The molecule has 0 heterocycles. The summed E-state index contributed by atoms with van der Waals surface area (Å²) in [5, 5.41) is 22.4. The van der Waals surface area contributed by atoms with Gasteiger partial charge in [0.15, 0.2) is 0 Å². The van der Waals surface area contributed by atoms with Crippen molar-refractivity contribution >= 4 is 33.5 Å². The lowest BCUT2D eigenvalue weighted by Crippen LogP contribution is -2.30. The fourth-order valence-electron chi connectivity index (χ4n) is 3.95. The molecular formula is C27H24O8. The average Bonchev–Trinajstić information content (AvgIpc) is 2.86. The van der Waals surface area contributed by atoms with Crippen molar-refractivity contribution in [2.24, 2.45) is 0 Å². The quantitative estimate of drug-likeness (QED) is 0.310. The van der Waals surface area contributed by atoms with Crippen LogP contribution in [0.4, 0.5) is 0 Å². The number of aliphatic carboxylic acids is 2. The molecular weight excluding hydrogens is 452 g/mol. The van der Waals surface area contributed by atoms with Gasteiger partial charge in [0.2, 0.25) is 0 Å². The molecule has 0 bridgehead atoms. The summed E-state index contributed by atoms with van der Waals surface area (Å²) in [6, 6.07) is 22.0. The molecule has 4 aromatic carbocycles. The molecule has 35 heavy (non-hydrogen) atoms. The first kappa shape index (κ1) is 24.0. The van der Waals surface area contributed by atoms with Crippen molar-refractivity contribution in [3.8, 4) is 22.6 Å². The Morgan fingerprint density at radius 3 is 1.60 bits per heavy atom. The van der Waals surface area contributed by atoms with Crippen molar-refractivity contribution in [2.45, 2.75) is 19.5 Å². The molecule has 0 radical (unpaired) electrons. The third-order valence-corrected chi connectivity index (χ3v) is 5.43. The highest BCUT2D eigenvalue weighted by atomic mass is 16.7. The molecule has 0 aliphatic carbocycles. The van der Waals surface area contributed by atoms with E-state index in [1.807, 2.05) is 60.7 Å². The van der Waals surface area contributed by atoms with Crippen LogP contribution in [0.25, 0.3) is 32.7 Å². The van der Waals surface area contributed by atoms with Crippen LogP contribution in [0.15, 0.2) is 72.8 Å². The normalized spacial score (nSPS) is 12.9. The van der Waals surface area contributed by atoms with Gasteiger partial charge in [-0.1, -0.05) is 60.7 Å². The maximum Gasteiger partial charge on any atom is 0.373 e. The van der Waals surface area contributed by atoms with Crippen LogP contribution in [0.2, 0.25) is 0 Å². The van der Waals surface area contributed by atoms with Crippen LogP contribution in [-0.4, -0.2) is 48.4 Å². The first-order chi connectivity index (χ1) is 16.9. The Hall–Kier alpha value is -4.14. The Kier molecular flexibility index (Phi) is 7.14. The van der Waals surface area contributed by atoms with E-state index in [1.165, 1.54) is 7.11 Å². The Labute approximate surface area is 201 Å². The van der Waals surface area contributed by atoms with Gasteiger partial charge < -0.3 is 29.2 Å². The maximum absolute atomic E-state index is 11.8. The standard InChI is InChI=1S/C27H24O8/c1-3-33-27(25(30)31)35-21-15-13-17-9-5-7-11-19(17)23(21)22-18-10-6-4-8-16(18)12-14-20(22)34-26(32-2)24(28)29/h4-15,26-27H,3H2,1-2H3,(H,28,29)(H,30,31). The van der Waals surface area contributed by atoms with Crippen molar-refractivity contribution < 1.29 is 38.7 Å². The van der Waals surface area contributed by atoms with E-state index in [-0.39, 0.29) is 18.1 Å². The van der Waals surface area contributed by atoms with Crippen molar-refractivity contribution in [1.82, 2.24) is 0 Å². The topological polar surface area (TPSA) is 112 Å². The summed E-state index contributed by atoms with van der Waals surface area (Å²) in [5.74, 6) is -2.08. The molecule has 180 valence electrons. The summed E-state index contributed by atoms with van der Waals surface area (Å²) in [6.07, 6.45) is -3.09. The van der Waals surface area contributed by atoms with Crippen molar-refractivity contribution in [1.29, 1.82) is 0 Å². The van der Waals surface area contributed by atoms with Crippen molar-refractivity contribution in [3.63, 3.8) is 0 Å². The zero-order valence-corrected chi connectivity index (χ0v) is 19.1. The van der Waals surface area contributed by atoms with Crippen LogP contribution < -0.4 is 9.47 Å². The van der Waals surface area contributed by atoms with E-state index in [9.17, 15) is 19.8 Å². The summed E-state index contributed by atoms with van der Waals surface area (Å²) in [6.45, 7) is 1.81. The van der Waals surface area contributed by atoms with Crippen LogP contribution in [0.1, 0.15) is 6.92 Å². The van der Waals surface area contributed by atoms with E-state index in [4.69, 9.17) is 18.9 Å². The molecule has 0 aliphatic rings. The summed E-state index contributed by atoms with van der Waals surface area (Å²) < 4.78 is 22.0. The van der Waals surface area contributed by atoms with Gasteiger partial charge in [0.1, 0.15) is 11.5 Å². The first-order valence-electron chi connectivity index (χ1n) is 10.9. The van der Waals surface area contributed by atoms with Crippen LogP contribution in [-0.2, 0) is 19.1 Å². The van der Waals surface area contributed by atoms with Gasteiger partial charge in [-0.2, -0.15) is 0 Å². The third kappa shape index (κ3) is 4.89. The molecule has 2 unspecified atom stereocenters. The number of methoxy groups -OCH3 is 1. The SMILES string of the molecule is CCOC(Oc1ccc2ccccc2c1-c1c(OC(OC)C(=O)O)ccc2ccccc12)C(=O)O. The Morgan fingerprint density at radius 2 is 1.17 bits per heavy atom. The van der Waals surface area contributed by atoms with Crippen LogP contribution in [0.3, 0.4) is 0 Å². The maximum atomic E-state index is 11.8. The smallest absolute Gasteiger partial charge is 0.373 e. The van der Waals surface area contributed by atoms with E-state index in [1.54, 1.807) is 19.1 Å². The number of rotatable bonds is 10. The van der Waals surface area contributed by atoms with Crippen molar-refractivity contribution in [2.75, 3.05) is 13.7 Å². The summed E-state index contributed by atoms with van der Waals surface area (Å²) in [4.78, 5) is 23.4. The molecule has 2 N–H and O–H groups in total. The van der Waals surface area contributed by atoms with Gasteiger partial charge in [-0.3, -0.25) is 0 Å². The number of fused-ring (bicyclic) bond motifs is 2. The number of carbonyl (C=O) groups is 2. The Morgan fingerprint density at radius 1 is 0.714 bits per heavy atom. The van der Waals surface area contributed by atoms with Gasteiger partial charge in [-0.05, 0) is 40.6 Å². The van der Waals surface area contributed by atoms with Crippen LogP contribution in [0.5, 0.6) is 11.5 Å². The fourth-order valence-corrected chi connectivity index (χ4v) is 3.95. The lowest BCUT2D eigenvalue weighted by molar-refractivity contribution is -0.170. The second-order valence-electron chi connectivity index (χ2n) is 7.59. The highest BCUT2D eigenvalue weighted by molar-refractivity contribution is 6.09. The van der Waals surface area contributed by atoms with Crippen LogP contribution >= 0.6 is 0 Å². The average molecular weight is 476 g/mol. The number of hydrogen-bond donors (Lipinski definition) is 2. The van der Waals surface area contributed by atoms with Gasteiger partial charge in [0.05, 0.1) is 0 Å². The number of benzene rings is 4. The van der Waals surface area contributed by atoms with Gasteiger partial charge in [0.25, 0.3) is 12.6 Å². The molecule has 2 atom stereocenters. The van der Waals surface area contributed by atoms with Gasteiger partial charge in [0, 0.05) is 24.8 Å². The molecule has 0 fully saturated rings. The van der Waals surface area contributed by atoms with Gasteiger partial charge in [-0.15, -0.1) is 0 Å². The van der Waals surface area contributed by atoms with E-state index in [0.29, 0.717) is 11.1 Å². The number of hydrogen-bond acceptors (Lipinski definition) is 6. The van der Waals surface area contributed by atoms with Gasteiger partial charge >= 0.3 is 11.9 Å². The predicted octanol–water partition coefficient (Wildman–Crippen LogP) is 4.92. The summed E-state index contributed by atoms with van der Waals surface area (Å²) >= 11 is 0. The largest absolute Gasteiger partial charge is 0.477 e. The molecule has 0 saturated carbocycles. The molecule has 4 rings (SSSR count). The molecule has 0 saturated heterocycles. The predicted molar refractivity (Wildman–Crippen MR) is 130 cm³/mol. The lowest BCUT2D eigenvalue weighted by atomic mass is 9.92. The lowest BCUT2D eigenvalue weighted by Gasteiger charge is -2.22. The fraction of sp³-hybridized carbons (Fsp3) is 0.185. The highest BCUT2D eigenvalue weighted by Crippen LogP contribution is 2.46. The first-order valence-corrected chi connectivity index (χ1v) is 10.9.